The van der Waals surface area contributed by atoms with Crippen LogP contribution in [0.2, 0.25) is 0 Å². The number of hydrogen-bond acceptors (Lipinski definition) is 4. The fourth-order valence-electron chi connectivity index (χ4n) is 1.74. The maximum atomic E-state index is 13.6. The Kier molecular flexibility index (Phi) is 3.03. The Labute approximate surface area is 96.7 Å². The van der Waals surface area contributed by atoms with Crippen LogP contribution in [0, 0.1) is 5.82 Å². The highest BCUT2D eigenvalue weighted by atomic mass is 19.1. The third-order valence-corrected chi connectivity index (χ3v) is 2.46. The summed E-state index contributed by atoms with van der Waals surface area (Å²) >= 11 is 0. The number of fused-ring (bicyclic) bond motifs is 1. The van der Waals surface area contributed by atoms with Gasteiger partial charge in [-0.15, -0.1) is 0 Å². The van der Waals surface area contributed by atoms with Crippen molar-refractivity contribution in [3.8, 4) is 17.2 Å². The van der Waals surface area contributed by atoms with Gasteiger partial charge in [0.1, 0.15) is 0 Å². The second-order valence-corrected chi connectivity index (χ2v) is 3.50. The number of ether oxygens (including phenoxy) is 3. The second-order valence-electron chi connectivity index (χ2n) is 3.50. The molecule has 0 aromatic heterocycles. The van der Waals surface area contributed by atoms with Crippen molar-refractivity contribution >= 4 is 5.97 Å². The lowest BCUT2D eigenvalue weighted by Gasteiger charge is -2.11. The molecule has 0 radical (unpaired) electrons. The van der Waals surface area contributed by atoms with Gasteiger partial charge in [-0.3, -0.25) is 4.79 Å². The highest BCUT2D eigenvalue weighted by Crippen LogP contribution is 2.43. The van der Waals surface area contributed by atoms with Crippen molar-refractivity contribution in [2.75, 3.05) is 13.9 Å². The molecule has 17 heavy (non-hydrogen) atoms. The summed E-state index contributed by atoms with van der Waals surface area (Å²) in [6.07, 6.45) is -0.00241. The molecule has 0 saturated heterocycles. The number of aliphatic carboxylic acids is 1. The molecule has 6 heteroatoms. The van der Waals surface area contributed by atoms with Gasteiger partial charge >= 0.3 is 5.97 Å². The van der Waals surface area contributed by atoms with Gasteiger partial charge in [-0.25, -0.2) is 4.39 Å². The Bertz CT molecular complexity index is 454. The van der Waals surface area contributed by atoms with Gasteiger partial charge in [-0.05, 0) is 6.42 Å². The van der Waals surface area contributed by atoms with Crippen molar-refractivity contribution in [2.24, 2.45) is 0 Å². The minimum Gasteiger partial charge on any atom is -0.493 e. The first-order valence-electron chi connectivity index (χ1n) is 5.00. The Morgan fingerprint density at radius 3 is 3.00 bits per heavy atom. The summed E-state index contributed by atoms with van der Waals surface area (Å²) in [5.74, 6) is -0.898. The van der Waals surface area contributed by atoms with E-state index in [2.05, 4.69) is 0 Å². The van der Waals surface area contributed by atoms with Crippen LogP contribution in [0.15, 0.2) is 6.07 Å². The molecule has 1 aromatic carbocycles. The Balaban J connectivity index is 2.42. The van der Waals surface area contributed by atoms with Crippen LogP contribution in [0.25, 0.3) is 0 Å². The zero-order valence-corrected chi connectivity index (χ0v) is 9.16. The van der Waals surface area contributed by atoms with Crippen LogP contribution in [-0.4, -0.2) is 25.0 Å². The summed E-state index contributed by atoms with van der Waals surface area (Å²) in [7, 11) is 1.32. The summed E-state index contributed by atoms with van der Waals surface area (Å²) < 4.78 is 28.8. The van der Waals surface area contributed by atoms with Crippen molar-refractivity contribution < 1.29 is 28.5 Å². The molecule has 0 spiro atoms. The summed E-state index contributed by atoms with van der Waals surface area (Å²) in [6, 6.07) is 1.17. The van der Waals surface area contributed by atoms with E-state index in [1.54, 1.807) is 0 Å². The molecule has 0 fully saturated rings. The number of methoxy groups -OCH3 is 1. The van der Waals surface area contributed by atoms with Crippen molar-refractivity contribution in [1.29, 1.82) is 0 Å². The van der Waals surface area contributed by atoms with Crippen molar-refractivity contribution in [2.45, 2.75) is 12.8 Å². The van der Waals surface area contributed by atoms with Crippen molar-refractivity contribution in [3.63, 3.8) is 0 Å². The number of halogens is 1. The molecule has 1 N–H and O–H groups in total. The van der Waals surface area contributed by atoms with Crippen LogP contribution in [0.1, 0.15) is 12.0 Å². The molecule has 0 saturated carbocycles. The van der Waals surface area contributed by atoms with Gasteiger partial charge in [0.25, 0.3) is 0 Å². The van der Waals surface area contributed by atoms with Crippen LogP contribution >= 0.6 is 0 Å². The zero-order valence-electron chi connectivity index (χ0n) is 9.16. The van der Waals surface area contributed by atoms with E-state index >= 15 is 0 Å². The Hall–Kier alpha value is -1.98. The standard InChI is InChI=1S/C11H11FO5/c1-15-10-6(2-3-9(13)14)11-8(4-7(10)12)16-5-17-11/h4H,2-3,5H2,1H3,(H,13,14). The topological polar surface area (TPSA) is 65.0 Å². The van der Waals surface area contributed by atoms with E-state index in [4.69, 9.17) is 19.3 Å². The number of carboxylic acids is 1. The molecule has 1 aliphatic heterocycles. The largest absolute Gasteiger partial charge is 0.493 e. The molecule has 92 valence electrons. The Morgan fingerprint density at radius 1 is 1.59 bits per heavy atom. The van der Waals surface area contributed by atoms with Gasteiger partial charge in [0, 0.05) is 18.1 Å². The molecule has 1 heterocycles. The Morgan fingerprint density at radius 2 is 2.35 bits per heavy atom. The predicted octanol–water partition coefficient (Wildman–Crippen LogP) is 1.58. The predicted molar refractivity (Wildman–Crippen MR) is 55.0 cm³/mol. The molecule has 5 nitrogen and oxygen atoms in total. The second kappa shape index (κ2) is 4.48. The number of hydrogen-bond donors (Lipinski definition) is 1. The zero-order chi connectivity index (χ0) is 12.4. The number of rotatable bonds is 4. The van der Waals surface area contributed by atoms with Crippen LogP contribution in [0.4, 0.5) is 4.39 Å². The van der Waals surface area contributed by atoms with Crippen LogP contribution in [0.5, 0.6) is 17.2 Å². The molecule has 1 aliphatic rings. The summed E-state index contributed by atoms with van der Waals surface area (Å²) in [6.45, 7) is 0.00200. The van der Waals surface area contributed by atoms with Crippen LogP contribution in [0.3, 0.4) is 0 Å². The molecule has 0 bridgehead atoms. The van der Waals surface area contributed by atoms with Gasteiger partial charge in [-0.2, -0.15) is 0 Å². The molecule has 2 rings (SSSR count). The highest BCUT2D eigenvalue weighted by Gasteiger charge is 2.25. The molecule has 0 unspecified atom stereocenters. The SMILES string of the molecule is COc1c(F)cc2c(c1CCC(=O)O)OCO2. The smallest absolute Gasteiger partial charge is 0.303 e. The van der Waals surface area contributed by atoms with E-state index in [1.165, 1.54) is 13.2 Å². The van der Waals surface area contributed by atoms with E-state index in [0.717, 1.165) is 0 Å². The number of benzene rings is 1. The number of carboxylic acid groups (broad SMARTS) is 1. The molecular formula is C11H11FO5. The van der Waals surface area contributed by atoms with E-state index < -0.39 is 11.8 Å². The van der Waals surface area contributed by atoms with E-state index in [9.17, 15) is 9.18 Å². The summed E-state index contributed by atoms with van der Waals surface area (Å²) in [5.41, 5.74) is 0.391. The summed E-state index contributed by atoms with van der Waals surface area (Å²) in [5, 5.41) is 8.65. The maximum absolute atomic E-state index is 13.6. The van der Waals surface area contributed by atoms with E-state index in [0.29, 0.717) is 11.3 Å². The minimum absolute atomic E-state index is 0.00200. The van der Waals surface area contributed by atoms with Crippen LogP contribution < -0.4 is 14.2 Å². The first-order chi connectivity index (χ1) is 8.13. The normalized spacial score (nSPS) is 12.6. The third-order valence-electron chi connectivity index (χ3n) is 2.46. The molecule has 1 aromatic rings. The fourth-order valence-corrected chi connectivity index (χ4v) is 1.74. The average Bonchev–Trinajstić information content (AvgIpc) is 2.72. The van der Waals surface area contributed by atoms with Gasteiger partial charge in [0.05, 0.1) is 7.11 Å². The van der Waals surface area contributed by atoms with Gasteiger partial charge in [0.15, 0.2) is 23.1 Å². The first kappa shape index (κ1) is 11.5. The molecule has 0 amide bonds. The molecule has 0 atom stereocenters. The van der Waals surface area contributed by atoms with Gasteiger partial charge < -0.3 is 19.3 Å². The average molecular weight is 242 g/mol. The minimum atomic E-state index is -0.969. The fraction of sp³-hybridized carbons (Fsp3) is 0.364. The lowest BCUT2D eigenvalue weighted by Crippen LogP contribution is -2.02. The van der Waals surface area contributed by atoms with Gasteiger partial charge in [0.2, 0.25) is 6.79 Å². The lowest BCUT2D eigenvalue weighted by atomic mass is 10.1. The van der Waals surface area contributed by atoms with E-state index in [-0.39, 0.29) is 31.1 Å². The van der Waals surface area contributed by atoms with E-state index in [1.807, 2.05) is 0 Å². The van der Waals surface area contributed by atoms with Crippen LogP contribution in [-0.2, 0) is 11.2 Å². The maximum Gasteiger partial charge on any atom is 0.303 e. The quantitative estimate of drug-likeness (QED) is 0.868. The van der Waals surface area contributed by atoms with Gasteiger partial charge in [-0.1, -0.05) is 0 Å². The molecular weight excluding hydrogens is 231 g/mol. The third kappa shape index (κ3) is 2.11. The summed E-state index contributed by atoms with van der Waals surface area (Å²) in [4.78, 5) is 10.6. The lowest BCUT2D eigenvalue weighted by molar-refractivity contribution is -0.136. The first-order valence-corrected chi connectivity index (χ1v) is 5.00. The monoisotopic (exact) mass is 242 g/mol. The van der Waals surface area contributed by atoms with Crippen molar-refractivity contribution in [1.82, 2.24) is 0 Å². The highest BCUT2D eigenvalue weighted by molar-refractivity contribution is 5.68. The van der Waals surface area contributed by atoms with Crippen molar-refractivity contribution in [3.05, 3.63) is 17.4 Å². The number of carbonyl (C=O) groups is 1. The molecule has 0 aliphatic carbocycles.